The molecule has 0 saturated heterocycles. The average molecular weight is 173 g/mol. The number of ether oxygens (including phenoxy) is 1. The van der Waals surface area contributed by atoms with Gasteiger partial charge in [-0.15, -0.1) is 0 Å². The Kier molecular flexibility index (Phi) is 6.39. The topological polar surface area (TPSA) is 21.3 Å². The smallest absolute Gasteiger partial charge is 0.0750 e. The van der Waals surface area contributed by atoms with E-state index >= 15 is 0 Å². The average Bonchev–Trinajstić information content (AvgIpc) is 1.98. The van der Waals surface area contributed by atoms with Crippen molar-refractivity contribution < 1.29 is 4.74 Å². The molecule has 74 valence electrons. The molecule has 2 heteroatoms. The van der Waals surface area contributed by atoms with Crippen molar-refractivity contribution >= 4 is 0 Å². The largest absolute Gasteiger partial charge is 0.375 e. The van der Waals surface area contributed by atoms with E-state index in [2.05, 4.69) is 26.1 Å². The molecule has 0 rings (SSSR count). The molecule has 12 heavy (non-hydrogen) atoms. The normalized spacial score (nSPS) is 12.0. The van der Waals surface area contributed by atoms with Gasteiger partial charge >= 0.3 is 0 Å². The van der Waals surface area contributed by atoms with Crippen LogP contribution < -0.4 is 5.32 Å². The second kappa shape index (κ2) is 6.44. The quantitative estimate of drug-likeness (QED) is 0.596. The Labute approximate surface area is 76.7 Å². The summed E-state index contributed by atoms with van der Waals surface area (Å²) in [6.45, 7) is 11.3. The van der Waals surface area contributed by atoms with Crippen LogP contribution in [0.3, 0.4) is 0 Å². The summed E-state index contributed by atoms with van der Waals surface area (Å²) < 4.78 is 5.55. The minimum Gasteiger partial charge on any atom is -0.375 e. The van der Waals surface area contributed by atoms with Gasteiger partial charge in [-0.2, -0.15) is 0 Å². The Balaban J connectivity index is 3.33. The van der Waals surface area contributed by atoms with Crippen molar-refractivity contribution in [3.05, 3.63) is 0 Å². The fourth-order valence-electron chi connectivity index (χ4n) is 1.13. The Morgan fingerprint density at radius 2 is 1.92 bits per heavy atom. The van der Waals surface area contributed by atoms with Gasteiger partial charge in [0.2, 0.25) is 0 Å². The third kappa shape index (κ3) is 6.62. The van der Waals surface area contributed by atoms with Crippen LogP contribution in [0.1, 0.15) is 40.5 Å². The molecule has 0 radical (unpaired) electrons. The van der Waals surface area contributed by atoms with Crippen LogP contribution >= 0.6 is 0 Å². The Morgan fingerprint density at radius 1 is 1.25 bits per heavy atom. The summed E-state index contributed by atoms with van der Waals surface area (Å²) in [5, 5.41) is 3.39. The predicted octanol–water partition coefficient (Wildman–Crippen LogP) is 2.19. The lowest BCUT2D eigenvalue weighted by atomic mass is 10.1. The fourth-order valence-corrected chi connectivity index (χ4v) is 1.13. The minimum absolute atomic E-state index is 0.0114. The molecule has 0 aromatic heterocycles. The van der Waals surface area contributed by atoms with E-state index < -0.39 is 0 Å². The zero-order chi connectivity index (χ0) is 9.45. The van der Waals surface area contributed by atoms with Crippen LogP contribution in [0, 0.1) is 0 Å². The monoisotopic (exact) mass is 173 g/mol. The first-order chi connectivity index (χ1) is 5.62. The summed E-state index contributed by atoms with van der Waals surface area (Å²) >= 11 is 0. The molecule has 2 nitrogen and oxygen atoms in total. The Hall–Kier alpha value is -0.0800. The highest BCUT2D eigenvalue weighted by Gasteiger charge is 2.15. The summed E-state index contributed by atoms with van der Waals surface area (Å²) in [5.74, 6) is 0. The SMILES string of the molecule is CCCCNCC(C)(C)OCC. The molecule has 0 aliphatic rings. The standard InChI is InChI=1S/C10H23NO/c1-5-7-8-11-9-10(3,4)12-6-2/h11H,5-9H2,1-4H3. The number of unbranched alkanes of at least 4 members (excludes halogenated alkanes) is 1. The second-order valence-electron chi connectivity index (χ2n) is 3.72. The summed E-state index contributed by atoms with van der Waals surface area (Å²) in [4.78, 5) is 0. The van der Waals surface area contributed by atoms with E-state index in [1.54, 1.807) is 0 Å². The van der Waals surface area contributed by atoms with Crippen LogP contribution in [0.25, 0.3) is 0 Å². The molecule has 0 aliphatic heterocycles. The van der Waals surface area contributed by atoms with Crippen molar-refractivity contribution in [2.75, 3.05) is 19.7 Å². The third-order valence-electron chi connectivity index (χ3n) is 1.79. The van der Waals surface area contributed by atoms with Gasteiger partial charge in [-0.1, -0.05) is 13.3 Å². The van der Waals surface area contributed by atoms with Crippen molar-refractivity contribution in [2.24, 2.45) is 0 Å². The summed E-state index contributed by atoms with van der Waals surface area (Å²) in [6, 6.07) is 0. The summed E-state index contributed by atoms with van der Waals surface area (Å²) in [6.07, 6.45) is 2.50. The van der Waals surface area contributed by atoms with Crippen LogP contribution in [-0.4, -0.2) is 25.3 Å². The van der Waals surface area contributed by atoms with Crippen LogP contribution in [0.15, 0.2) is 0 Å². The molecule has 0 bridgehead atoms. The van der Waals surface area contributed by atoms with E-state index in [0.29, 0.717) is 0 Å². The van der Waals surface area contributed by atoms with E-state index in [0.717, 1.165) is 19.7 Å². The van der Waals surface area contributed by atoms with Crippen molar-refractivity contribution in [3.8, 4) is 0 Å². The summed E-state index contributed by atoms with van der Waals surface area (Å²) in [7, 11) is 0. The van der Waals surface area contributed by atoms with E-state index in [4.69, 9.17) is 4.74 Å². The van der Waals surface area contributed by atoms with E-state index in [1.807, 2.05) is 6.92 Å². The zero-order valence-electron chi connectivity index (χ0n) is 8.94. The first kappa shape index (κ1) is 11.9. The van der Waals surface area contributed by atoms with E-state index in [9.17, 15) is 0 Å². The lowest BCUT2D eigenvalue weighted by Crippen LogP contribution is -2.38. The van der Waals surface area contributed by atoms with Gasteiger partial charge < -0.3 is 10.1 Å². The van der Waals surface area contributed by atoms with E-state index in [-0.39, 0.29) is 5.60 Å². The van der Waals surface area contributed by atoms with Gasteiger partial charge in [0, 0.05) is 13.2 Å². The van der Waals surface area contributed by atoms with Gasteiger partial charge in [-0.25, -0.2) is 0 Å². The fraction of sp³-hybridized carbons (Fsp3) is 1.00. The molecule has 0 fully saturated rings. The zero-order valence-corrected chi connectivity index (χ0v) is 8.94. The van der Waals surface area contributed by atoms with Gasteiger partial charge in [0.05, 0.1) is 5.60 Å². The molecule has 0 aliphatic carbocycles. The van der Waals surface area contributed by atoms with Gasteiger partial charge in [-0.3, -0.25) is 0 Å². The molecule has 0 saturated carbocycles. The van der Waals surface area contributed by atoms with Crippen LogP contribution in [-0.2, 0) is 4.74 Å². The van der Waals surface area contributed by atoms with Crippen LogP contribution in [0.4, 0.5) is 0 Å². The molecule has 0 atom stereocenters. The highest BCUT2D eigenvalue weighted by Crippen LogP contribution is 2.06. The molecule has 1 N–H and O–H groups in total. The number of hydrogen-bond acceptors (Lipinski definition) is 2. The first-order valence-electron chi connectivity index (χ1n) is 4.97. The molecule has 0 amide bonds. The van der Waals surface area contributed by atoms with Crippen molar-refractivity contribution in [1.29, 1.82) is 0 Å². The van der Waals surface area contributed by atoms with E-state index in [1.165, 1.54) is 12.8 Å². The van der Waals surface area contributed by atoms with Gasteiger partial charge in [-0.05, 0) is 33.7 Å². The van der Waals surface area contributed by atoms with Crippen LogP contribution in [0.5, 0.6) is 0 Å². The lowest BCUT2D eigenvalue weighted by molar-refractivity contribution is -0.00866. The molecule has 0 unspecified atom stereocenters. The van der Waals surface area contributed by atoms with Crippen molar-refractivity contribution in [1.82, 2.24) is 5.32 Å². The van der Waals surface area contributed by atoms with Crippen molar-refractivity contribution in [3.63, 3.8) is 0 Å². The van der Waals surface area contributed by atoms with Crippen molar-refractivity contribution in [2.45, 2.75) is 46.1 Å². The molecular weight excluding hydrogens is 150 g/mol. The van der Waals surface area contributed by atoms with Crippen LogP contribution in [0.2, 0.25) is 0 Å². The third-order valence-corrected chi connectivity index (χ3v) is 1.79. The molecule has 0 aromatic rings. The maximum absolute atomic E-state index is 5.55. The van der Waals surface area contributed by atoms with Gasteiger partial charge in [0.25, 0.3) is 0 Å². The minimum atomic E-state index is -0.0114. The number of rotatable bonds is 7. The molecule has 0 aromatic carbocycles. The molecular formula is C10H23NO. The summed E-state index contributed by atoms with van der Waals surface area (Å²) in [5.41, 5.74) is -0.0114. The van der Waals surface area contributed by atoms with Gasteiger partial charge in [0.1, 0.15) is 0 Å². The highest BCUT2D eigenvalue weighted by atomic mass is 16.5. The van der Waals surface area contributed by atoms with Gasteiger partial charge in [0.15, 0.2) is 0 Å². The maximum Gasteiger partial charge on any atom is 0.0750 e. The second-order valence-corrected chi connectivity index (χ2v) is 3.72. The lowest BCUT2D eigenvalue weighted by Gasteiger charge is -2.24. The Morgan fingerprint density at radius 3 is 2.42 bits per heavy atom. The molecule has 0 heterocycles. The predicted molar refractivity (Wildman–Crippen MR) is 53.5 cm³/mol. The highest BCUT2D eigenvalue weighted by molar-refractivity contribution is 4.71. The number of hydrogen-bond donors (Lipinski definition) is 1. The molecule has 0 spiro atoms. The first-order valence-corrected chi connectivity index (χ1v) is 4.97. The number of nitrogens with one attached hydrogen (secondary N) is 1. The Bertz CT molecular complexity index is 102. The maximum atomic E-state index is 5.55.